The smallest absolute Gasteiger partial charge is 0.243 e. The van der Waals surface area contributed by atoms with E-state index in [2.05, 4.69) is 10.6 Å². The van der Waals surface area contributed by atoms with Crippen molar-refractivity contribution in [1.82, 2.24) is 4.31 Å². The van der Waals surface area contributed by atoms with Crippen molar-refractivity contribution in [2.75, 3.05) is 30.5 Å². The zero-order valence-corrected chi connectivity index (χ0v) is 17.8. The molecule has 28 heavy (non-hydrogen) atoms. The van der Waals surface area contributed by atoms with Gasteiger partial charge in [-0.3, -0.25) is 9.59 Å². The van der Waals surface area contributed by atoms with E-state index >= 15 is 0 Å². The molecule has 9 heteroatoms. The number of hydrogen-bond acceptors (Lipinski definition) is 5. The second-order valence-electron chi connectivity index (χ2n) is 6.17. The van der Waals surface area contributed by atoms with Gasteiger partial charge in [0.05, 0.1) is 17.1 Å². The Bertz CT molecular complexity index is 990. The number of aryl methyl sites for hydroxylation is 1. The molecule has 2 aromatic rings. The summed E-state index contributed by atoms with van der Waals surface area (Å²) in [5.74, 6) is -0.740. The monoisotopic (exact) mass is 421 g/mol. The van der Waals surface area contributed by atoms with Crippen molar-refractivity contribution < 1.29 is 18.0 Å². The minimum Gasteiger partial charge on any atom is -0.326 e. The molecule has 0 aliphatic carbocycles. The van der Waals surface area contributed by atoms with Crippen molar-refractivity contribution >= 4 is 45.0 Å². The molecule has 2 N–H and O–H groups in total. The van der Waals surface area contributed by atoms with Gasteiger partial charge in [-0.25, -0.2) is 8.42 Å². The molecule has 0 spiro atoms. The number of sulfonamides is 1. The van der Waals surface area contributed by atoms with Gasteiger partial charge in [0.15, 0.2) is 0 Å². The molecule has 0 radical (unpaired) electrons. The Kier molecular flexibility index (Phi) is 7.22. The molecular weight excluding hydrogens is 398 g/mol. The van der Waals surface area contributed by atoms with Gasteiger partial charge in [-0.15, -0.1) is 11.8 Å². The van der Waals surface area contributed by atoms with Crippen molar-refractivity contribution in [2.24, 2.45) is 0 Å². The number of hydrogen-bond donors (Lipinski definition) is 2. The molecule has 150 valence electrons. The highest BCUT2D eigenvalue weighted by molar-refractivity contribution is 7.98. The first-order valence-corrected chi connectivity index (χ1v) is 11.1. The van der Waals surface area contributed by atoms with E-state index in [1.807, 2.05) is 18.4 Å². The number of para-hydroxylation sites is 1. The second-order valence-corrected chi connectivity index (χ2v) is 9.03. The van der Waals surface area contributed by atoms with E-state index in [-0.39, 0.29) is 17.3 Å². The molecule has 2 amide bonds. The van der Waals surface area contributed by atoms with E-state index in [0.29, 0.717) is 16.9 Å². The second kappa shape index (κ2) is 9.22. The SMILES string of the molecule is CSc1ccccc1NC(=O)CN(C)S(=O)(=O)c1cc(NC(C)=O)ccc1C. The lowest BCUT2D eigenvalue weighted by molar-refractivity contribution is -0.116. The first kappa shape index (κ1) is 21.9. The molecule has 0 bridgehead atoms. The molecule has 0 aliphatic heterocycles. The fourth-order valence-corrected chi connectivity index (χ4v) is 4.48. The van der Waals surface area contributed by atoms with E-state index in [1.54, 1.807) is 31.2 Å². The van der Waals surface area contributed by atoms with Crippen LogP contribution in [0.25, 0.3) is 0 Å². The van der Waals surface area contributed by atoms with Gasteiger partial charge in [0.25, 0.3) is 0 Å². The Morgan fingerprint density at radius 1 is 1.11 bits per heavy atom. The van der Waals surface area contributed by atoms with E-state index < -0.39 is 15.9 Å². The largest absolute Gasteiger partial charge is 0.326 e. The summed E-state index contributed by atoms with van der Waals surface area (Å²) in [5, 5.41) is 5.31. The lowest BCUT2D eigenvalue weighted by Crippen LogP contribution is -2.35. The highest BCUT2D eigenvalue weighted by atomic mass is 32.2. The van der Waals surface area contributed by atoms with Crippen LogP contribution in [0.3, 0.4) is 0 Å². The summed E-state index contributed by atoms with van der Waals surface area (Å²) in [6.45, 7) is 2.67. The molecule has 0 atom stereocenters. The number of likely N-dealkylation sites (N-methyl/N-ethyl adjacent to an activating group) is 1. The Labute approximate surface area is 169 Å². The average Bonchev–Trinajstić information content (AvgIpc) is 2.63. The summed E-state index contributed by atoms with van der Waals surface area (Å²) >= 11 is 1.49. The molecular formula is C19H23N3O4S2. The molecule has 2 rings (SSSR count). The normalized spacial score (nSPS) is 11.3. The maximum atomic E-state index is 12.9. The first-order valence-electron chi connectivity index (χ1n) is 8.42. The molecule has 0 saturated carbocycles. The third-order valence-corrected chi connectivity index (χ3v) is 6.69. The summed E-state index contributed by atoms with van der Waals surface area (Å²) in [4.78, 5) is 24.6. The maximum absolute atomic E-state index is 12.9. The van der Waals surface area contributed by atoms with Crippen LogP contribution in [-0.2, 0) is 19.6 Å². The molecule has 0 unspecified atom stereocenters. The standard InChI is InChI=1S/C19H23N3O4S2/c1-13-9-10-15(20-14(2)23)11-18(13)28(25,26)22(3)12-19(24)21-16-7-5-6-8-17(16)27-4/h5-11H,12H2,1-4H3,(H,20,23)(H,21,24). The van der Waals surface area contributed by atoms with Gasteiger partial charge in [-0.05, 0) is 43.0 Å². The highest BCUT2D eigenvalue weighted by Crippen LogP contribution is 2.25. The van der Waals surface area contributed by atoms with E-state index in [0.717, 1.165) is 9.20 Å². The molecule has 0 aliphatic rings. The molecule has 2 aromatic carbocycles. The summed E-state index contributed by atoms with van der Waals surface area (Å²) < 4.78 is 26.9. The topological polar surface area (TPSA) is 95.6 Å². The molecule has 7 nitrogen and oxygen atoms in total. The number of nitrogens with zero attached hydrogens (tertiary/aromatic N) is 1. The molecule has 0 saturated heterocycles. The number of nitrogens with one attached hydrogen (secondary N) is 2. The van der Waals surface area contributed by atoms with Crippen LogP contribution >= 0.6 is 11.8 Å². The van der Waals surface area contributed by atoms with Gasteiger partial charge in [0, 0.05) is 24.6 Å². The van der Waals surface area contributed by atoms with E-state index in [1.165, 1.54) is 31.8 Å². The van der Waals surface area contributed by atoms with E-state index in [9.17, 15) is 18.0 Å². The van der Waals surface area contributed by atoms with Crippen molar-refractivity contribution in [1.29, 1.82) is 0 Å². The van der Waals surface area contributed by atoms with Crippen LogP contribution in [0.5, 0.6) is 0 Å². The number of thioether (sulfide) groups is 1. The third kappa shape index (κ3) is 5.34. The van der Waals surface area contributed by atoms with Crippen LogP contribution in [-0.4, -0.2) is 44.4 Å². The third-order valence-electron chi connectivity index (χ3n) is 3.94. The van der Waals surface area contributed by atoms with Crippen molar-refractivity contribution in [3.05, 3.63) is 48.0 Å². The maximum Gasteiger partial charge on any atom is 0.243 e. The number of anilines is 2. The minimum atomic E-state index is -3.91. The van der Waals surface area contributed by atoms with Crippen LogP contribution in [0.1, 0.15) is 12.5 Å². The van der Waals surface area contributed by atoms with Gasteiger partial charge >= 0.3 is 0 Å². The van der Waals surface area contributed by atoms with E-state index in [4.69, 9.17) is 0 Å². The minimum absolute atomic E-state index is 0.0403. The zero-order chi connectivity index (χ0) is 20.9. The number of rotatable bonds is 7. The predicted octanol–water partition coefficient (Wildman–Crippen LogP) is 2.93. The summed E-state index contributed by atoms with van der Waals surface area (Å²) in [6.07, 6.45) is 1.90. The highest BCUT2D eigenvalue weighted by Gasteiger charge is 2.25. The fraction of sp³-hybridized carbons (Fsp3) is 0.263. The van der Waals surface area contributed by atoms with Crippen LogP contribution in [0, 0.1) is 6.92 Å². The Balaban J connectivity index is 2.19. The number of carbonyl (C=O) groups is 2. The zero-order valence-electron chi connectivity index (χ0n) is 16.1. The van der Waals surface area contributed by atoms with Gasteiger partial charge in [0.2, 0.25) is 21.8 Å². The van der Waals surface area contributed by atoms with Gasteiger partial charge in [0.1, 0.15) is 0 Å². The first-order chi connectivity index (χ1) is 13.1. The van der Waals surface area contributed by atoms with Gasteiger partial charge in [-0.2, -0.15) is 4.31 Å². The Morgan fingerprint density at radius 3 is 2.43 bits per heavy atom. The molecule has 0 heterocycles. The van der Waals surface area contributed by atoms with Crippen LogP contribution < -0.4 is 10.6 Å². The van der Waals surface area contributed by atoms with Crippen LogP contribution in [0.4, 0.5) is 11.4 Å². The number of carbonyl (C=O) groups excluding carboxylic acids is 2. The molecule has 0 fully saturated rings. The van der Waals surface area contributed by atoms with Gasteiger partial charge in [-0.1, -0.05) is 18.2 Å². The quantitative estimate of drug-likeness (QED) is 0.670. The Hall–Kier alpha value is -2.36. The van der Waals surface area contributed by atoms with Crippen LogP contribution in [0.2, 0.25) is 0 Å². The lowest BCUT2D eigenvalue weighted by Gasteiger charge is -2.19. The molecule has 0 aromatic heterocycles. The lowest BCUT2D eigenvalue weighted by atomic mass is 10.2. The van der Waals surface area contributed by atoms with Crippen LogP contribution in [0.15, 0.2) is 52.3 Å². The summed E-state index contributed by atoms with van der Waals surface area (Å²) in [5.41, 5.74) is 1.53. The summed E-state index contributed by atoms with van der Waals surface area (Å²) in [6, 6.07) is 11.9. The van der Waals surface area contributed by atoms with Crippen molar-refractivity contribution in [2.45, 2.75) is 23.6 Å². The van der Waals surface area contributed by atoms with Crippen molar-refractivity contribution in [3.8, 4) is 0 Å². The number of amides is 2. The number of benzene rings is 2. The predicted molar refractivity (Wildman–Crippen MR) is 112 cm³/mol. The van der Waals surface area contributed by atoms with Crippen molar-refractivity contribution in [3.63, 3.8) is 0 Å². The van der Waals surface area contributed by atoms with Gasteiger partial charge < -0.3 is 10.6 Å². The Morgan fingerprint density at radius 2 is 1.79 bits per heavy atom. The fourth-order valence-electron chi connectivity index (χ4n) is 2.55. The summed E-state index contributed by atoms with van der Waals surface area (Å²) in [7, 11) is -2.57. The average molecular weight is 422 g/mol.